The lowest BCUT2D eigenvalue weighted by Gasteiger charge is -2.26. The molecule has 2 bridgehead atoms. The van der Waals surface area contributed by atoms with Crippen molar-refractivity contribution in [3.63, 3.8) is 0 Å². The van der Waals surface area contributed by atoms with Crippen molar-refractivity contribution >= 4 is 5.91 Å². The van der Waals surface area contributed by atoms with Crippen molar-refractivity contribution < 1.29 is 4.79 Å². The lowest BCUT2D eigenvalue weighted by molar-refractivity contribution is -0.127. The predicted molar refractivity (Wildman–Crippen MR) is 67.5 cm³/mol. The number of carbonyl (C=O) groups is 1. The summed E-state index contributed by atoms with van der Waals surface area (Å²) < 4.78 is 0. The van der Waals surface area contributed by atoms with E-state index >= 15 is 0 Å². The van der Waals surface area contributed by atoms with E-state index in [-0.39, 0.29) is 17.9 Å². The Morgan fingerprint density at radius 3 is 2.94 bits per heavy atom. The highest BCUT2D eigenvalue weighted by atomic mass is 16.1. The van der Waals surface area contributed by atoms with Gasteiger partial charge in [-0.05, 0) is 38.0 Å². The van der Waals surface area contributed by atoms with Crippen LogP contribution in [0.15, 0.2) is 6.20 Å². The molecule has 0 aromatic carbocycles. The van der Waals surface area contributed by atoms with Gasteiger partial charge in [-0.2, -0.15) is 5.10 Å². The molecule has 1 heterocycles. The first-order valence-electron chi connectivity index (χ1n) is 6.69. The number of aryl methyl sites for hydroxylation is 1. The Hall–Kier alpha value is -1.36. The van der Waals surface area contributed by atoms with Gasteiger partial charge in [-0.3, -0.25) is 9.89 Å². The van der Waals surface area contributed by atoms with Crippen molar-refractivity contribution in [2.24, 2.45) is 23.5 Å². The highest BCUT2D eigenvalue weighted by Gasteiger charge is 2.48. The van der Waals surface area contributed by atoms with Gasteiger partial charge in [0.15, 0.2) is 0 Å². The van der Waals surface area contributed by atoms with Crippen LogP contribution in [-0.2, 0) is 11.3 Å². The number of carbonyl (C=O) groups excluding carboxylic acids is 1. The standard InChI is InChI=1S/C13H20N4O/c1-7-10(6-16-17-7)5-15-13(18)11-8-2-3-9(4-8)12(11)14/h6,8-9,11-12H,2-5,14H2,1H3,(H,15,18)(H,16,17). The summed E-state index contributed by atoms with van der Waals surface area (Å²) >= 11 is 0. The Kier molecular flexibility index (Phi) is 2.86. The van der Waals surface area contributed by atoms with Gasteiger partial charge < -0.3 is 11.1 Å². The van der Waals surface area contributed by atoms with Gasteiger partial charge in [-0.15, -0.1) is 0 Å². The van der Waals surface area contributed by atoms with E-state index in [1.807, 2.05) is 6.92 Å². The SMILES string of the molecule is Cc1[nH]ncc1CNC(=O)C1C2CCC(C2)C1N. The minimum Gasteiger partial charge on any atom is -0.352 e. The van der Waals surface area contributed by atoms with E-state index in [0.29, 0.717) is 18.4 Å². The number of aromatic nitrogens is 2. The van der Waals surface area contributed by atoms with Crippen LogP contribution in [0.3, 0.4) is 0 Å². The molecule has 2 aliphatic rings. The molecule has 2 saturated carbocycles. The van der Waals surface area contributed by atoms with Crippen LogP contribution in [0.1, 0.15) is 30.5 Å². The van der Waals surface area contributed by atoms with Crippen LogP contribution in [0.4, 0.5) is 0 Å². The molecule has 5 heteroatoms. The molecule has 98 valence electrons. The number of aromatic amines is 1. The van der Waals surface area contributed by atoms with Crippen LogP contribution in [0.5, 0.6) is 0 Å². The lowest BCUT2D eigenvalue weighted by Crippen LogP contribution is -2.45. The average molecular weight is 248 g/mol. The summed E-state index contributed by atoms with van der Waals surface area (Å²) in [5.74, 6) is 1.23. The zero-order valence-corrected chi connectivity index (χ0v) is 10.6. The van der Waals surface area contributed by atoms with Crippen molar-refractivity contribution in [2.75, 3.05) is 0 Å². The molecule has 1 aromatic rings. The third-order valence-electron chi connectivity index (χ3n) is 4.67. The maximum Gasteiger partial charge on any atom is 0.225 e. The fourth-order valence-electron chi connectivity index (χ4n) is 3.58. The second-order valence-corrected chi connectivity index (χ2v) is 5.67. The molecule has 1 amide bonds. The van der Waals surface area contributed by atoms with Crippen molar-refractivity contribution in [3.8, 4) is 0 Å². The van der Waals surface area contributed by atoms with Gasteiger partial charge in [0.1, 0.15) is 0 Å². The third-order valence-corrected chi connectivity index (χ3v) is 4.67. The zero-order chi connectivity index (χ0) is 12.7. The number of nitrogens with one attached hydrogen (secondary N) is 2. The Labute approximate surface area is 107 Å². The first-order valence-corrected chi connectivity index (χ1v) is 6.69. The molecule has 4 N–H and O–H groups in total. The van der Waals surface area contributed by atoms with Crippen LogP contribution < -0.4 is 11.1 Å². The van der Waals surface area contributed by atoms with E-state index < -0.39 is 0 Å². The minimum absolute atomic E-state index is 0.0240. The van der Waals surface area contributed by atoms with E-state index in [2.05, 4.69) is 15.5 Å². The second kappa shape index (κ2) is 4.39. The Morgan fingerprint density at radius 2 is 2.33 bits per heavy atom. The number of amides is 1. The van der Waals surface area contributed by atoms with Crippen molar-refractivity contribution in [1.82, 2.24) is 15.5 Å². The first-order chi connectivity index (χ1) is 8.66. The Balaban J connectivity index is 1.61. The molecular formula is C13H20N4O. The van der Waals surface area contributed by atoms with E-state index in [4.69, 9.17) is 5.73 Å². The van der Waals surface area contributed by atoms with Gasteiger partial charge in [0, 0.05) is 23.8 Å². The molecule has 4 unspecified atom stereocenters. The number of hydrogen-bond donors (Lipinski definition) is 3. The van der Waals surface area contributed by atoms with Gasteiger partial charge in [0.05, 0.1) is 12.1 Å². The summed E-state index contributed by atoms with van der Waals surface area (Å²) in [5.41, 5.74) is 8.21. The summed E-state index contributed by atoms with van der Waals surface area (Å²) in [6.07, 6.45) is 5.28. The molecule has 2 aliphatic carbocycles. The number of fused-ring (bicyclic) bond motifs is 2. The van der Waals surface area contributed by atoms with Crippen molar-refractivity contribution in [1.29, 1.82) is 0 Å². The number of H-pyrrole nitrogens is 1. The van der Waals surface area contributed by atoms with Crippen LogP contribution >= 0.6 is 0 Å². The molecule has 2 fully saturated rings. The number of rotatable bonds is 3. The molecule has 0 radical (unpaired) electrons. The molecule has 1 aromatic heterocycles. The summed E-state index contributed by atoms with van der Waals surface area (Å²) in [6, 6.07) is 0.0641. The van der Waals surface area contributed by atoms with Crippen molar-refractivity contribution in [3.05, 3.63) is 17.5 Å². The second-order valence-electron chi connectivity index (χ2n) is 5.67. The summed E-state index contributed by atoms with van der Waals surface area (Å²) in [6.45, 7) is 2.50. The molecule has 0 aliphatic heterocycles. The average Bonchev–Trinajstić information content (AvgIpc) is 3.02. The molecular weight excluding hydrogens is 228 g/mol. The van der Waals surface area contributed by atoms with E-state index in [1.54, 1.807) is 6.20 Å². The highest BCUT2D eigenvalue weighted by molar-refractivity contribution is 5.80. The minimum atomic E-state index is 0.0240. The van der Waals surface area contributed by atoms with Crippen LogP contribution in [0.25, 0.3) is 0 Å². The Morgan fingerprint density at radius 1 is 1.56 bits per heavy atom. The van der Waals surface area contributed by atoms with E-state index in [1.165, 1.54) is 12.8 Å². The molecule has 0 saturated heterocycles. The first kappa shape index (κ1) is 11.7. The molecule has 5 nitrogen and oxygen atoms in total. The summed E-state index contributed by atoms with van der Waals surface area (Å²) in [5, 5.41) is 9.83. The molecule has 4 atom stereocenters. The molecule has 18 heavy (non-hydrogen) atoms. The van der Waals surface area contributed by atoms with Gasteiger partial charge in [0.2, 0.25) is 5.91 Å². The number of nitrogens with two attached hydrogens (primary N) is 1. The maximum atomic E-state index is 12.2. The predicted octanol–water partition coefficient (Wildman–Crippen LogP) is 0.708. The van der Waals surface area contributed by atoms with Crippen LogP contribution in [0.2, 0.25) is 0 Å². The monoisotopic (exact) mass is 248 g/mol. The lowest BCUT2D eigenvalue weighted by atomic mass is 9.84. The number of hydrogen-bond acceptors (Lipinski definition) is 3. The van der Waals surface area contributed by atoms with Gasteiger partial charge >= 0.3 is 0 Å². The smallest absolute Gasteiger partial charge is 0.225 e. The van der Waals surface area contributed by atoms with E-state index in [0.717, 1.165) is 17.7 Å². The summed E-state index contributed by atoms with van der Waals surface area (Å²) in [7, 11) is 0. The van der Waals surface area contributed by atoms with E-state index in [9.17, 15) is 4.79 Å². The largest absolute Gasteiger partial charge is 0.352 e. The van der Waals surface area contributed by atoms with Crippen molar-refractivity contribution in [2.45, 2.75) is 38.8 Å². The quantitative estimate of drug-likeness (QED) is 0.736. The normalized spacial score (nSPS) is 33.9. The molecule has 3 rings (SSSR count). The third kappa shape index (κ3) is 1.82. The maximum absolute atomic E-state index is 12.2. The topological polar surface area (TPSA) is 83.8 Å². The highest BCUT2D eigenvalue weighted by Crippen LogP contribution is 2.47. The van der Waals surface area contributed by atoms with Gasteiger partial charge in [0.25, 0.3) is 0 Å². The summed E-state index contributed by atoms with van der Waals surface area (Å²) in [4.78, 5) is 12.2. The fourth-order valence-corrected chi connectivity index (χ4v) is 3.58. The van der Waals surface area contributed by atoms with Gasteiger partial charge in [-0.1, -0.05) is 0 Å². The van der Waals surface area contributed by atoms with Crippen LogP contribution in [-0.4, -0.2) is 22.1 Å². The Bertz CT molecular complexity index is 454. The van der Waals surface area contributed by atoms with Gasteiger partial charge in [-0.25, -0.2) is 0 Å². The number of nitrogens with zero attached hydrogens (tertiary/aromatic N) is 1. The van der Waals surface area contributed by atoms with Crippen LogP contribution in [0, 0.1) is 24.7 Å². The zero-order valence-electron chi connectivity index (χ0n) is 10.6. The molecule has 0 spiro atoms. The fraction of sp³-hybridized carbons (Fsp3) is 0.692.